The largest absolute Gasteiger partial charge is 0.339 e. The summed E-state index contributed by atoms with van der Waals surface area (Å²) >= 11 is 0. The quantitative estimate of drug-likeness (QED) is 0.501. The molecule has 0 aromatic heterocycles. The van der Waals surface area contributed by atoms with Crippen LogP contribution >= 0.6 is 0 Å². The van der Waals surface area contributed by atoms with Gasteiger partial charge in [-0.3, -0.25) is 10.3 Å². The van der Waals surface area contributed by atoms with E-state index in [1.54, 1.807) is 0 Å². The maximum atomic E-state index is 10.7. The first-order chi connectivity index (χ1) is 4.86. The standard InChI is InChI=1S/C6H9N3O/c10-6-7-5-3-1-2-4-9(5)8-6/h3H,1-2,4H2,(H2,7,8,10). The molecule has 0 aromatic rings. The summed E-state index contributed by atoms with van der Waals surface area (Å²) in [6.45, 7) is 0.921. The fourth-order valence-electron chi connectivity index (χ4n) is 1.22. The Labute approximate surface area is 58.9 Å². The van der Waals surface area contributed by atoms with Crippen molar-refractivity contribution in [2.45, 2.75) is 12.8 Å². The van der Waals surface area contributed by atoms with Gasteiger partial charge in [0, 0.05) is 6.54 Å². The molecule has 2 aliphatic rings. The van der Waals surface area contributed by atoms with E-state index < -0.39 is 0 Å². The van der Waals surface area contributed by atoms with Gasteiger partial charge in [0.1, 0.15) is 5.82 Å². The van der Waals surface area contributed by atoms with Crippen molar-refractivity contribution in [2.24, 2.45) is 0 Å². The molecule has 0 spiro atoms. The molecule has 0 saturated carbocycles. The van der Waals surface area contributed by atoms with Gasteiger partial charge in [-0.05, 0) is 18.9 Å². The summed E-state index contributed by atoms with van der Waals surface area (Å²) in [5.74, 6) is 0.913. The highest BCUT2D eigenvalue weighted by Gasteiger charge is 2.23. The summed E-state index contributed by atoms with van der Waals surface area (Å²) in [6, 6.07) is -0.117. The van der Waals surface area contributed by atoms with E-state index in [4.69, 9.17) is 0 Å². The Balaban J connectivity index is 2.20. The molecule has 0 atom stereocenters. The molecule has 2 aliphatic heterocycles. The maximum Gasteiger partial charge on any atom is 0.339 e. The van der Waals surface area contributed by atoms with Gasteiger partial charge < -0.3 is 0 Å². The number of carbonyl (C=O) groups is 1. The van der Waals surface area contributed by atoms with Crippen molar-refractivity contribution in [3.8, 4) is 0 Å². The predicted molar refractivity (Wildman–Crippen MR) is 35.7 cm³/mol. The summed E-state index contributed by atoms with van der Waals surface area (Å²) in [5.41, 5.74) is 2.67. The van der Waals surface area contributed by atoms with Crippen molar-refractivity contribution in [3.63, 3.8) is 0 Å². The molecule has 2 rings (SSSR count). The second kappa shape index (κ2) is 1.90. The van der Waals surface area contributed by atoms with Crippen LogP contribution in [0, 0.1) is 0 Å². The van der Waals surface area contributed by atoms with Gasteiger partial charge in [0.2, 0.25) is 0 Å². The summed E-state index contributed by atoms with van der Waals surface area (Å²) in [7, 11) is 0. The van der Waals surface area contributed by atoms with Gasteiger partial charge in [0.15, 0.2) is 0 Å². The molecule has 2 N–H and O–H groups in total. The number of hydrazine groups is 1. The van der Waals surface area contributed by atoms with E-state index in [0.29, 0.717) is 0 Å². The lowest BCUT2D eigenvalue weighted by Crippen LogP contribution is -2.33. The van der Waals surface area contributed by atoms with Crippen LogP contribution in [0.1, 0.15) is 12.8 Å². The highest BCUT2D eigenvalue weighted by Crippen LogP contribution is 2.12. The minimum absolute atomic E-state index is 0.117. The molecule has 2 heterocycles. The van der Waals surface area contributed by atoms with Crippen LogP contribution in [0.3, 0.4) is 0 Å². The Morgan fingerprint density at radius 2 is 2.50 bits per heavy atom. The lowest BCUT2D eigenvalue weighted by atomic mass is 10.2. The molecule has 0 aliphatic carbocycles. The van der Waals surface area contributed by atoms with Gasteiger partial charge in [-0.2, -0.15) is 0 Å². The number of urea groups is 1. The SMILES string of the molecule is O=C1NC2=CCCCN2N1. The molecule has 2 amide bonds. The molecule has 1 saturated heterocycles. The summed E-state index contributed by atoms with van der Waals surface area (Å²) in [4.78, 5) is 10.7. The second-order valence-corrected chi connectivity index (χ2v) is 2.45. The number of rotatable bonds is 0. The van der Waals surface area contributed by atoms with Crippen LogP contribution in [0.4, 0.5) is 4.79 Å². The van der Waals surface area contributed by atoms with E-state index in [2.05, 4.69) is 10.7 Å². The van der Waals surface area contributed by atoms with Crippen LogP contribution in [0.2, 0.25) is 0 Å². The fraction of sp³-hybridized carbons (Fsp3) is 0.500. The molecular formula is C6H9N3O. The highest BCUT2D eigenvalue weighted by molar-refractivity contribution is 5.77. The average Bonchev–Trinajstić information content (AvgIpc) is 2.27. The van der Waals surface area contributed by atoms with Crippen molar-refractivity contribution >= 4 is 6.03 Å². The minimum Gasteiger partial charge on any atom is -0.292 e. The number of hydrogen-bond acceptors (Lipinski definition) is 2. The zero-order valence-electron chi connectivity index (χ0n) is 5.55. The third-order valence-corrected chi connectivity index (χ3v) is 1.69. The Morgan fingerprint density at radius 3 is 3.30 bits per heavy atom. The van der Waals surface area contributed by atoms with Crippen LogP contribution in [0.25, 0.3) is 0 Å². The molecule has 1 fully saturated rings. The number of hydrogen-bond donors (Lipinski definition) is 2. The van der Waals surface area contributed by atoms with Crippen LogP contribution in [-0.2, 0) is 0 Å². The third-order valence-electron chi connectivity index (χ3n) is 1.69. The number of carbonyl (C=O) groups excluding carboxylic acids is 1. The van der Waals surface area contributed by atoms with Crippen LogP contribution in [0.5, 0.6) is 0 Å². The first kappa shape index (κ1) is 5.58. The number of amides is 2. The lowest BCUT2D eigenvalue weighted by molar-refractivity contribution is 0.228. The van der Waals surface area contributed by atoms with Gasteiger partial charge in [0.25, 0.3) is 0 Å². The molecule has 4 heteroatoms. The molecule has 10 heavy (non-hydrogen) atoms. The van der Waals surface area contributed by atoms with Gasteiger partial charge >= 0.3 is 6.03 Å². The monoisotopic (exact) mass is 139 g/mol. The minimum atomic E-state index is -0.117. The molecule has 0 bridgehead atoms. The van der Waals surface area contributed by atoms with Crippen molar-refractivity contribution < 1.29 is 4.79 Å². The van der Waals surface area contributed by atoms with Crippen LogP contribution in [-0.4, -0.2) is 17.6 Å². The summed E-state index contributed by atoms with van der Waals surface area (Å²) in [5, 5.41) is 4.53. The van der Waals surface area contributed by atoms with Crippen LogP contribution in [0.15, 0.2) is 11.9 Å². The second-order valence-electron chi connectivity index (χ2n) is 2.45. The van der Waals surface area contributed by atoms with Crippen LogP contribution < -0.4 is 10.7 Å². The van der Waals surface area contributed by atoms with Gasteiger partial charge in [-0.1, -0.05) is 0 Å². The first-order valence-corrected chi connectivity index (χ1v) is 3.41. The van der Waals surface area contributed by atoms with E-state index in [1.807, 2.05) is 11.1 Å². The smallest absolute Gasteiger partial charge is 0.292 e. The van der Waals surface area contributed by atoms with Gasteiger partial charge in [-0.15, -0.1) is 0 Å². The van der Waals surface area contributed by atoms with Crippen molar-refractivity contribution in [1.82, 2.24) is 15.8 Å². The first-order valence-electron chi connectivity index (χ1n) is 3.41. The molecule has 4 nitrogen and oxygen atoms in total. The molecule has 0 unspecified atom stereocenters. The fourth-order valence-corrected chi connectivity index (χ4v) is 1.22. The Kier molecular flexibility index (Phi) is 1.06. The van der Waals surface area contributed by atoms with E-state index in [0.717, 1.165) is 25.2 Å². The Morgan fingerprint density at radius 1 is 1.60 bits per heavy atom. The Bertz CT molecular complexity index is 199. The zero-order chi connectivity index (χ0) is 6.97. The molecular weight excluding hydrogens is 130 g/mol. The van der Waals surface area contributed by atoms with E-state index >= 15 is 0 Å². The Hall–Kier alpha value is -1.19. The van der Waals surface area contributed by atoms with Gasteiger partial charge in [-0.25, -0.2) is 10.2 Å². The third kappa shape index (κ3) is 0.725. The van der Waals surface area contributed by atoms with E-state index in [1.165, 1.54) is 0 Å². The van der Waals surface area contributed by atoms with Crippen molar-refractivity contribution in [2.75, 3.05) is 6.54 Å². The summed E-state index contributed by atoms with van der Waals surface area (Å²) < 4.78 is 0. The predicted octanol–water partition coefficient (Wildman–Crippen LogP) is 0.151. The number of nitrogens with zero attached hydrogens (tertiary/aromatic N) is 1. The van der Waals surface area contributed by atoms with Crippen molar-refractivity contribution in [3.05, 3.63) is 11.9 Å². The maximum absolute atomic E-state index is 10.7. The highest BCUT2D eigenvalue weighted by atomic mass is 16.2. The number of nitrogens with one attached hydrogen (secondary N) is 2. The molecule has 0 aromatic carbocycles. The lowest BCUT2D eigenvalue weighted by Gasteiger charge is -2.20. The average molecular weight is 139 g/mol. The topological polar surface area (TPSA) is 44.4 Å². The zero-order valence-corrected chi connectivity index (χ0v) is 5.55. The van der Waals surface area contributed by atoms with E-state index in [-0.39, 0.29) is 6.03 Å². The van der Waals surface area contributed by atoms with Crippen molar-refractivity contribution in [1.29, 1.82) is 0 Å². The molecule has 54 valence electrons. The molecule has 0 radical (unpaired) electrons. The van der Waals surface area contributed by atoms with Gasteiger partial charge in [0.05, 0.1) is 0 Å². The summed E-state index contributed by atoms with van der Waals surface area (Å²) in [6.07, 6.45) is 4.21. The van der Waals surface area contributed by atoms with E-state index in [9.17, 15) is 4.79 Å². The normalized spacial score (nSPS) is 23.0. The number of allylic oxidation sites excluding steroid dienone is 1. The number of fused-ring (bicyclic) bond motifs is 1.